The summed E-state index contributed by atoms with van der Waals surface area (Å²) in [7, 11) is 0. The van der Waals surface area contributed by atoms with Gasteiger partial charge in [-0.05, 0) is 42.0 Å². The monoisotopic (exact) mass is 353 g/mol. The molecule has 0 atom stereocenters. The molecule has 25 heavy (non-hydrogen) atoms. The van der Waals surface area contributed by atoms with Crippen LogP contribution in [0.15, 0.2) is 42.5 Å². The highest BCUT2D eigenvalue weighted by Gasteiger charge is 2.32. The van der Waals surface area contributed by atoms with Crippen LogP contribution < -0.4 is 15.5 Å². The van der Waals surface area contributed by atoms with Gasteiger partial charge in [0.25, 0.3) is 0 Å². The minimum atomic E-state index is -4.38. The van der Waals surface area contributed by atoms with E-state index in [1.54, 1.807) is 12.1 Å². The molecule has 1 aliphatic rings. The average molecular weight is 353 g/mol. The zero-order valence-corrected chi connectivity index (χ0v) is 13.6. The van der Waals surface area contributed by atoms with Crippen LogP contribution in [0.3, 0.4) is 0 Å². The standard InChI is InChI=1S/C18H19F4N3/c19-15-3-5-16(6-4-15)24-7-9-25(10-8-24)17-11-14(18(20,21)22)2-1-13(17)12-23/h1-6,11H,7-10,12,23H2. The first kappa shape index (κ1) is 17.5. The Morgan fingerprint density at radius 2 is 1.48 bits per heavy atom. The van der Waals surface area contributed by atoms with Crippen LogP contribution in [0, 0.1) is 5.82 Å². The van der Waals surface area contributed by atoms with E-state index in [2.05, 4.69) is 4.90 Å². The molecule has 1 aliphatic heterocycles. The molecule has 0 spiro atoms. The number of alkyl halides is 3. The summed E-state index contributed by atoms with van der Waals surface area (Å²) in [5.41, 5.74) is 7.17. The number of halogens is 4. The molecule has 2 N–H and O–H groups in total. The summed E-state index contributed by atoms with van der Waals surface area (Å²) in [6, 6.07) is 9.92. The molecule has 1 heterocycles. The Morgan fingerprint density at radius 3 is 2.04 bits per heavy atom. The Labute approximate surface area is 143 Å². The Hall–Kier alpha value is -2.28. The Balaban J connectivity index is 1.77. The van der Waals surface area contributed by atoms with Gasteiger partial charge >= 0.3 is 6.18 Å². The lowest BCUT2D eigenvalue weighted by Gasteiger charge is -2.38. The molecular formula is C18H19F4N3. The number of hydrogen-bond donors (Lipinski definition) is 1. The molecule has 134 valence electrons. The normalized spacial score (nSPS) is 15.6. The molecule has 0 radical (unpaired) electrons. The first-order chi connectivity index (χ1) is 11.9. The first-order valence-electron chi connectivity index (χ1n) is 8.04. The summed E-state index contributed by atoms with van der Waals surface area (Å²) in [4.78, 5) is 4.02. The maximum absolute atomic E-state index is 13.0. The van der Waals surface area contributed by atoms with E-state index >= 15 is 0 Å². The van der Waals surface area contributed by atoms with Crippen LogP contribution in [-0.2, 0) is 12.7 Å². The second kappa shape index (κ2) is 6.92. The highest BCUT2D eigenvalue weighted by atomic mass is 19.4. The molecule has 0 unspecified atom stereocenters. The summed E-state index contributed by atoms with van der Waals surface area (Å²) < 4.78 is 52.0. The van der Waals surface area contributed by atoms with Gasteiger partial charge in [0.05, 0.1) is 5.56 Å². The summed E-state index contributed by atoms with van der Waals surface area (Å²) in [6.45, 7) is 2.63. The molecule has 1 fully saturated rings. The predicted molar refractivity (Wildman–Crippen MR) is 90.2 cm³/mol. The van der Waals surface area contributed by atoms with Crippen molar-refractivity contribution in [3.63, 3.8) is 0 Å². The lowest BCUT2D eigenvalue weighted by atomic mass is 10.1. The van der Waals surface area contributed by atoms with Crippen LogP contribution in [0.4, 0.5) is 28.9 Å². The van der Waals surface area contributed by atoms with Crippen LogP contribution in [-0.4, -0.2) is 26.2 Å². The molecule has 0 saturated carbocycles. The topological polar surface area (TPSA) is 32.5 Å². The van der Waals surface area contributed by atoms with E-state index in [0.717, 1.165) is 11.8 Å². The fourth-order valence-corrected chi connectivity index (χ4v) is 3.06. The smallest absolute Gasteiger partial charge is 0.368 e. The molecule has 3 rings (SSSR count). The molecule has 0 bridgehead atoms. The van der Waals surface area contributed by atoms with Crippen molar-refractivity contribution in [1.82, 2.24) is 0 Å². The van der Waals surface area contributed by atoms with Crippen LogP contribution in [0.5, 0.6) is 0 Å². The van der Waals surface area contributed by atoms with Gasteiger partial charge in [-0.1, -0.05) is 6.07 Å². The van der Waals surface area contributed by atoms with Crippen molar-refractivity contribution in [2.24, 2.45) is 5.73 Å². The maximum atomic E-state index is 13.0. The van der Waals surface area contributed by atoms with E-state index in [9.17, 15) is 17.6 Å². The van der Waals surface area contributed by atoms with Gasteiger partial charge in [-0.3, -0.25) is 0 Å². The van der Waals surface area contributed by atoms with Gasteiger partial charge in [0, 0.05) is 44.1 Å². The van der Waals surface area contributed by atoms with E-state index in [-0.39, 0.29) is 12.4 Å². The van der Waals surface area contributed by atoms with Crippen LogP contribution in [0.1, 0.15) is 11.1 Å². The van der Waals surface area contributed by atoms with Crippen molar-refractivity contribution < 1.29 is 17.6 Å². The minimum Gasteiger partial charge on any atom is -0.368 e. The molecular weight excluding hydrogens is 334 g/mol. The summed E-state index contributed by atoms with van der Waals surface area (Å²) >= 11 is 0. The van der Waals surface area contributed by atoms with Crippen LogP contribution in [0.2, 0.25) is 0 Å². The molecule has 7 heteroatoms. The fourth-order valence-electron chi connectivity index (χ4n) is 3.06. The number of rotatable bonds is 3. The number of hydrogen-bond acceptors (Lipinski definition) is 3. The summed E-state index contributed by atoms with van der Waals surface area (Å²) in [5.74, 6) is -0.293. The molecule has 0 amide bonds. The van der Waals surface area contributed by atoms with E-state index < -0.39 is 11.7 Å². The lowest BCUT2D eigenvalue weighted by Crippen LogP contribution is -2.47. The van der Waals surface area contributed by atoms with Crippen molar-refractivity contribution in [3.8, 4) is 0 Å². The zero-order valence-electron chi connectivity index (χ0n) is 13.6. The first-order valence-corrected chi connectivity index (χ1v) is 8.04. The largest absolute Gasteiger partial charge is 0.416 e. The number of benzene rings is 2. The SMILES string of the molecule is NCc1ccc(C(F)(F)F)cc1N1CCN(c2ccc(F)cc2)CC1. The minimum absolute atomic E-state index is 0.186. The van der Waals surface area contributed by atoms with Crippen LogP contribution >= 0.6 is 0 Å². The molecule has 0 aromatic heterocycles. The Morgan fingerprint density at radius 1 is 0.880 bits per heavy atom. The van der Waals surface area contributed by atoms with Gasteiger partial charge in [-0.2, -0.15) is 13.2 Å². The summed E-state index contributed by atoms with van der Waals surface area (Å²) in [6.07, 6.45) is -4.38. The lowest BCUT2D eigenvalue weighted by molar-refractivity contribution is -0.137. The molecule has 0 aliphatic carbocycles. The highest BCUT2D eigenvalue weighted by molar-refractivity contribution is 5.58. The van der Waals surface area contributed by atoms with E-state index in [1.807, 2.05) is 4.90 Å². The molecule has 1 saturated heterocycles. The Bertz CT molecular complexity index is 720. The van der Waals surface area contributed by atoms with Crippen LogP contribution in [0.25, 0.3) is 0 Å². The van der Waals surface area contributed by atoms with Gasteiger partial charge in [0.1, 0.15) is 5.82 Å². The number of nitrogens with zero attached hydrogens (tertiary/aromatic N) is 2. The van der Waals surface area contributed by atoms with Crippen molar-refractivity contribution in [1.29, 1.82) is 0 Å². The second-order valence-electron chi connectivity index (χ2n) is 6.00. The fraction of sp³-hybridized carbons (Fsp3) is 0.333. The van der Waals surface area contributed by atoms with Crippen molar-refractivity contribution >= 4 is 11.4 Å². The van der Waals surface area contributed by atoms with Crippen molar-refractivity contribution in [2.45, 2.75) is 12.7 Å². The number of piperazine rings is 1. The van der Waals surface area contributed by atoms with Gasteiger partial charge in [0.2, 0.25) is 0 Å². The maximum Gasteiger partial charge on any atom is 0.416 e. The molecule has 2 aromatic rings. The summed E-state index contributed by atoms with van der Waals surface area (Å²) in [5, 5.41) is 0. The van der Waals surface area contributed by atoms with E-state index in [4.69, 9.17) is 5.73 Å². The van der Waals surface area contributed by atoms with Gasteiger partial charge in [-0.25, -0.2) is 4.39 Å². The number of nitrogens with two attached hydrogens (primary N) is 1. The third kappa shape index (κ3) is 3.87. The highest BCUT2D eigenvalue weighted by Crippen LogP contribution is 2.34. The predicted octanol–water partition coefficient (Wildman–Crippen LogP) is 3.63. The van der Waals surface area contributed by atoms with Gasteiger partial charge in [0.15, 0.2) is 0 Å². The third-order valence-corrected chi connectivity index (χ3v) is 4.44. The van der Waals surface area contributed by atoms with Crippen molar-refractivity contribution in [2.75, 3.05) is 36.0 Å². The zero-order chi connectivity index (χ0) is 18.0. The quantitative estimate of drug-likeness (QED) is 0.856. The van der Waals surface area contributed by atoms with E-state index in [0.29, 0.717) is 37.4 Å². The second-order valence-corrected chi connectivity index (χ2v) is 6.00. The van der Waals surface area contributed by atoms with Gasteiger partial charge in [-0.15, -0.1) is 0 Å². The van der Waals surface area contributed by atoms with E-state index in [1.165, 1.54) is 24.3 Å². The van der Waals surface area contributed by atoms with Gasteiger partial charge < -0.3 is 15.5 Å². The third-order valence-electron chi connectivity index (χ3n) is 4.44. The number of anilines is 2. The van der Waals surface area contributed by atoms with Crippen molar-refractivity contribution in [3.05, 3.63) is 59.4 Å². The average Bonchev–Trinajstić information content (AvgIpc) is 2.61. The molecule has 2 aromatic carbocycles. The Kier molecular flexibility index (Phi) is 4.85. The molecule has 3 nitrogen and oxygen atoms in total.